The minimum atomic E-state index is -0.0176. The van der Waals surface area contributed by atoms with Crippen LogP contribution in [0.2, 0.25) is 0 Å². The normalized spacial score (nSPS) is 10.8. The Balaban J connectivity index is 1.62. The van der Waals surface area contributed by atoms with Gasteiger partial charge in [-0.2, -0.15) is 0 Å². The molecule has 0 saturated carbocycles. The van der Waals surface area contributed by atoms with Crippen LogP contribution in [0.15, 0.2) is 54.7 Å². The van der Waals surface area contributed by atoms with E-state index in [1.54, 1.807) is 0 Å². The van der Waals surface area contributed by atoms with Gasteiger partial charge in [0.1, 0.15) is 5.75 Å². The topological polar surface area (TPSA) is 43.3 Å². The molecule has 3 rings (SSSR count). The number of hydrogen-bond donors (Lipinski definition) is 1. The van der Waals surface area contributed by atoms with Crippen LogP contribution < -0.4 is 10.1 Å². The van der Waals surface area contributed by atoms with Crippen molar-refractivity contribution in [2.75, 3.05) is 11.9 Å². The van der Waals surface area contributed by atoms with Crippen LogP contribution in [0.5, 0.6) is 5.75 Å². The third kappa shape index (κ3) is 4.21. The number of aromatic nitrogens is 1. The fourth-order valence-electron chi connectivity index (χ4n) is 2.91. The van der Waals surface area contributed by atoms with E-state index in [1.807, 2.05) is 49.6 Å². The summed E-state index contributed by atoms with van der Waals surface area (Å²) >= 11 is 0. The SMILES string of the molecule is CCCCOc1ccc(NC(=O)Cc2cn(C)c3ccccc23)cc1. The first-order valence-electron chi connectivity index (χ1n) is 8.73. The summed E-state index contributed by atoms with van der Waals surface area (Å²) in [6.45, 7) is 2.86. The summed E-state index contributed by atoms with van der Waals surface area (Å²) in [6, 6.07) is 15.7. The quantitative estimate of drug-likeness (QED) is 0.644. The van der Waals surface area contributed by atoms with Crippen LogP contribution in [-0.4, -0.2) is 17.1 Å². The predicted molar refractivity (Wildman–Crippen MR) is 102 cm³/mol. The molecule has 0 fully saturated rings. The highest BCUT2D eigenvalue weighted by atomic mass is 16.5. The largest absolute Gasteiger partial charge is 0.494 e. The first kappa shape index (κ1) is 17.1. The highest BCUT2D eigenvalue weighted by Gasteiger charge is 2.10. The Labute approximate surface area is 148 Å². The van der Waals surface area contributed by atoms with Crippen LogP contribution in [0.4, 0.5) is 5.69 Å². The highest BCUT2D eigenvalue weighted by Crippen LogP contribution is 2.21. The van der Waals surface area contributed by atoms with Gasteiger partial charge in [-0.05, 0) is 42.3 Å². The molecule has 1 heterocycles. The average molecular weight is 336 g/mol. The van der Waals surface area contributed by atoms with Crippen molar-refractivity contribution < 1.29 is 9.53 Å². The first-order valence-corrected chi connectivity index (χ1v) is 8.73. The Bertz CT molecular complexity index is 850. The molecule has 25 heavy (non-hydrogen) atoms. The molecule has 2 aromatic carbocycles. The Morgan fingerprint density at radius 1 is 1.12 bits per heavy atom. The number of anilines is 1. The summed E-state index contributed by atoms with van der Waals surface area (Å²) in [4.78, 5) is 12.4. The van der Waals surface area contributed by atoms with Crippen molar-refractivity contribution in [1.82, 2.24) is 4.57 Å². The smallest absolute Gasteiger partial charge is 0.228 e. The van der Waals surface area contributed by atoms with E-state index < -0.39 is 0 Å². The maximum absolute atomic E-state index is 12.4. The van der Waals surface area contributed by atoms with E-state index in [-0.39, 0.29) is 5.91 Å². The summed E-state index contributed by atoms with van der Waals surface area (Å²) in [6.07, 6.45) is 4.54. The zero-order valence-electron chi connectivity index (χ0n) is 14.8. The molecule has 130 valence electrons. The molecule has 4 nitrogen and oxygen atoms in total. The molecule has 4 heteroatoms. The lowest BCUT2D eigenvalue weighted by molar-refractivity contribution is -0.115. The van der Waals surface area contributed by atoms with Crippen LogP contribution >= 0.6 is 0 Å². The molecule has 0 bridgehead atoms. The van der Waals surface area contributed by atoms with Crippen molar-refractivity contribution in [2.45, 2.75) is 26.2 Å². The summed E-state index contributed by atoms with van der Waals surface area (Å²) in [7, 11) is 2.00. The molecular formula is C21H24N2O2. The van der Waals surface area contributed by atoms with Gasteiger partial charge >= 0.3 is 0 Å². The Kier molecular flexibility index (Phi) is 5.39. The molecule has 0 aliphatic heterocycles. The van der Waals surface area contributed by atoms with E-state index in [2.05, 4.69) is 28.9 Å². The molecular weight excluding hydrogens is 312 g/mol. The van der Waals surface area contributed by atoms with Crippen LogP contribution in [0.1, 0.15) is 25.3 Å². The molecule has 1 N–H and O–H groups in total. The lowest BCUT2D eigenvalue weighted by Crippen LogP contribution is -2.14. The van der Waals surface area contributed by atoms with E-state index in [0.717, 1.165) is 47.4 Å². The number of aryl methyl sites for hydroxylation is 1. The predicted octanol–water partition coefficient (Wildman–Crippen LogP) is 4.54. The van der Waals surface area contributed by atoms with Crippen LogP contribution in [-0.2, 0) is 18.3 Å². The number of carbonyl (C=O) groups is 1. The number of fused-ring (bicyclic) bond motifs is 1. The molecule has 0 spiro atoms. The Morgan fingerprint density at radius 3 is 2.64 bits per heavy atom. The molecule has 0 saturated heterocycles. The second kappa shape index (κ2) is 7.88. The summed E-state index contributed by atoms with van der Waals surface area (Å²) in [5.74, 6) is 0.816. The number of nitrogens with zero attached hydrogens (tertiary/aromatic N) is 1. The van der Waals surface area contributed by atoms with Crippen molar-refractivity contribution in [3.63, 3.8) is 0 Å². The summed E-state index contributed by atoms with van der Waals surface area (Å²) in [5.41, 5.74) is 2.96. The fraction of sp³-hybridized carbons (Fsp3) is 0.286. The van der Waals surface area contributed by atoms with Gasteiger partial charge in [-0.3, -0.25) is 4.79 Å². The standard InChI is InChI=1S/C21H24N2O2/c1-3-4-13-25-18-11-9-17(10-12-18)22-21(24)14-16-15-23(2)20-8-6-5-7-19(16)20/h5-12,15H,3-4,13-14H2,1-2H3,(H,22,24). The van der Waals surface area contributed by atoms with Crippen molar-refractivity contribution >= 4 is 22.5 Å². The van der Waals surface area contributed by atoms with Crippen LogP contribution in [0.3, 0.4) is 0 Å². The number of benzene rings is 2. The molecule has 0 aliphatic carbocycles. The second-order valence-electron chi connectivity index (χ2n) is 6.23. The summed E-state index contributed by atoms with van der Waals surface area (Å²) < 4.78 is 7.69. The van der Waals surface area contributed by atoms with E-state index in [4.69, 9.17) is 4.74 Å². The molecule has 0 radical (unpaired) electrons. The number of carbonyl (C=O) groups excluding carboxylic acids is 1. The van der Waals surface area contributed by atoms with Gasteiger partial charge in [-0.1, -0.05) is 31.5 Å². The fourth-order valence-corrected chi connectivity index (χ4v) is 2.91. The average Bonchev–Trinajstić information content (AvgIpc) is 2.93. The maximum Gasteiger partial charge on any atom is 0.228 e. The lowest BCUT2D eigenvalue weighted by atomic mass is 10.1. The van der Waals surface area contributed by atoms with Crippen molar-refractivity contribution in [3.8, 4) is 5.75 Å². The second-order valence-corrected chi connectivity index (χ2v) is 6.23. The van der Waals surface area contributed by atoms with Gasteiger partial charge in [0.25, 0.3) is 0 Å². The Hall–Kier alpha value is -2.75. The van der Waals surface area contributed by atoms with E-state index >= 15 is 0 Å². The molecule has 1 amide bonds. The first-order chi connectivity index (χ1) is 12.2. The van der Waals surface area contributed by atoms with E-state index in [9.17, 15) is 4.79 Å². The monoisotopic (exact) mass is 336 g/mol. The number of rotatable bonds is 7. The Morgan fingerprint density at radius 2 is 1.88 bits per heavy atom. The molecule has 3 aromatic rings. The third-order valence-electron chi connectivity index (χ3n) is 4.24. The van der Waals surface area contributed by atoms with Crippen molar-refractivity contribution in [2.24, 2.45) is 7.05 Å². The summed E-state index contributed by atoms with van der Waals surface area (Å²) in [5, 5.41) is 4.08. The van der Waals surface area contributed by atoms with Gasteiger partial charge in [0.2, 0.25) is 5.91 Å². The number of hydrogen-bond acceptors (Lipinski definition) is 2. The van der Waals surface area contributed by atoms with Crippen LogP contribution in [0, 0.1) is 0 Å². The minimum absolute atomic E-state index is 0.0176. The van der Waals surface area contributed by atoms with Gasteiger partial charge in [-0.15, -0.1) is 0 Å². The lowest BCUT2D eigenvalue weighted by Gasteiger charge is -2.08. The molecule has 0 unspecified atom stereocenters. The van der Waals surface area contributed by atoms with E-state index in [1.165, 1.54) is 0 Å². The highest BCUT2D eigenvalue weighted by molar-refractivity contribution is 5.96. The van der Waals surface area contributed by atoms with Gasteiger partial charge < -0.3 is 14.6 Å². The number of ether oxygens (including phenoxy) is 1. The number of unbranched alkanes of at least 4 members (excludes halogenated alkanes) is 1. The van der Waals surface area contributed by atoms with Gasteiger partial charge in [0.05, 0.1) is 13.0 Å². The van der Waals surface area contributed by atoms with E-state index in [0.29, 0.717) is 6.42 Å². The van der Waals surface area contributed by atoms with Gasteiger partial charge in [-0.25, -0.2) is 0 Å². The van der Waals surface area contributed by atoms with Crippen LogP contribution in [0.25, 0.3) is 10.9 Å². The number of nitrogens with one attached hydrogen (secondary N) is 1. The zero-order valence-corrected chi connectivity index (χ0v) is 14.8. The minimum Gasteiger partial charge on any atom is -0.494 e. The van der Waals surface area contributed by atoms with Crippen molar-refractivity contribution in [3.05, 3.63) is 60.3 Å². The number of amides is 1. The molecule has 1 aromatic heterocycles. The van der Waals surface area contributed by atoms with Gasteiger partial charge in [0.15, 0.2) is 0 Å². The zero-order chi connectivity index (χ0) is 17.6. The van der Waals surface area contributed by atoms with Gasteiger partial charge in [0, 0.05) is 29.8 Å². The molecule has 0 atom stereocenters. The maximum atomic E-state index is 12.4. The third-order valence-corrected chi connectivity index (χ3v) is 4.24. The molecule has 0 aliphatic rings. The number of para-hydroxylation sites is 1. The van der Waals surface area contributed by atoms with Crippen molar-refractivity contribution in [1.29, 1.82) is 0 Å².